The molecule has 0 unspecified atom stereocenters. The van der Waals surface area contributed by atoms with Crippen molar-refractivity contribution in [2.45, 2.75) is 26.8 Å². The highest BCUT2D eigenvalue weighted by atomic mass is 16.4. The molecule has 6 heteroatoms. The van der Waals surface area contributed by atoms with Crippen molar-refractivity contribution in [3.8, 4) is 0 Å². The molecule has 0 aromatic heterocycles. The van der Waals surface area contributed by atoms with Gasteiger partial charge in [0.15, 0.2) is 0 Å². The Balaban J connectivity index is 2.67. The van der Waals surface area contributed by atoms with Gasteiger partial charge in [0.25, 0.3) is 5.91 Å². The molecule has 0 saturated carbocycles. The van der Waals surface area contributed by atoms with E-state index in [1.54, 1.807) is 31.1 Å². The summed E-state index contributed by atoms with van der Waals surface area (Å²) >= 11 is 0. The van der Waals surface area contributed by atoms with Crippen LogP contribution in [-0.2, 0) is 16.1 Å². The predicted octanol–water partition coefficient (Wildman–Crippen LogP) is 1.85. The second-order valence-corrected chi connectivity index (χ2v) is 5.92. The van der Waals surface area contributed by atoms with Gasteiger partial charge in [-0.15, -0.1) is 0 Å². The topological polar surface area (TPSA) is 77.9 Å². The van der Waals surface area contributed by atoms with Crippen LogP contribution in [0.25, 0.3) is 0 Å². The van der Waals surface area contributed by atoms with Gasteiger partial charge in [-0.3, -0.25) is 14.4 Å². The first-order valence-corrected chi connectivity index (χ1v) is 7.53. The fraction of sp³-hybridized carbons (Fsp3) is 0.471. The zero-order valence-electron chi connectivity index (χ0n) is 14.1. The molecule has 0 atom stereocenters. The summed E-state index contributed by atoms with van der Waals surface area (Å²) in [6.07, 6.45) is -0.0809. The number of amides is 2. The Kier molecular flexibility index (Phi) is 6.75. The Labute approximate surface area is 136 Å². The highest BCUT2D eigenvalue weighted by Crippen LogP contribution is 2.11. The smallest absolute Gasteiger partial charge is 0.305 e. The lowest BCUT2D eigenvalue weighted by Crippen LogP contribution is -2.30. The Morgan fingerprint density at radius 1 is 1.04 bits per heavy atom. The van der Waals surface area contributed by atoms with Crippen molar-refractivity contribution in [3.63, 3.8) is 0 Å². The van der Waals surface area contributed by atoms with Gasteiger partial charge in [-0.05, 0) is 17.7 Å². The minimum Gasteiger partial charge on any atom is -0.481 e. The van der Waals surface area contributed by atoms with E-state index in [1.807, 2.05) is 26.0 Å². The third kappa shape index (κ3) is 5.73. The summed E-state index contributed by atoms with van der Waals surface area (Å²) in [5.74, 6) is -1.13. The minimum atomic E-state index is -0.933. The van der Waals surface area contributed by atoms with E-state index < -0.39 is 5.97 Å². The number of nitrogens with zero attached hydrogens (tertiary/aromatic N) is 2. The van der Waals surface area contributed by atoms with Crippen molar-refractivity contribution in [2.24, 2.45) is 5.92 Å². The van der Waals surface area contributed by atoms with Crippen molar-refractivity contribution >= 4 is 17.8 Å². The van der Waals surface area contributed by atoms with Crippen LogP contribution in [0.15, 0.2) is 24.3 Å². The zero-order valence-corrected chi connectivity index (χ0v) is 14.1. The summed E-state index contributed by atoms with van der Waals surface area (Å²) in [6, 6.07) is 7.01. The maximum absolute atomic E-state index is 12.2. The summed E-state index contributed by atoms with van der Waals surface area (Å²) in [5, 5.41) is 8.65. The van der Waals surface area contributed by atoms with Crippen LogP contribution in [0.5, 0.6) is 0 Å². The lowest BCUT2D eigenvalue weighted by Gasteiger charge is -2.20. The molecule has 0 radical (unpaired) electrons. The third-order valence-corrected chi connectivity index (χ3v) is 3.50. The van der Waals surface area contributed by atoms with Crippen molar-refractivity contribution in [3.05, 3.63) is 35.4 Å². The summed E-state index contributed by atoms with van der Waals surface area (Å²) in [7, 11) is 3.33. The van der Waals surface area contributed by atoms with Crippen LogP contribution in [-0.4, -0.2) is 53.3 Å². The zero-order chi connectivity index (χ0) is 17.6. The molecule has 1 aromatic carbocycles. The van der Waals surface area contributed by atoms with Crippen molar-refractivity contribution < 1.29 is 19.5 Å². The first-order chi connectivity index (χ1) is 10.7. The van der Waals surface area contributed by atoms with E-state index in [-0.39, 0.29) is 30.7 Å². The molecule has 1 rings (SSSR count). The number of aliphatic carboxylic acids is 1. The molecule has 23 heavy (non-hydrogen) atoms. The number of hydrogen-bond donors (Lipinski definition) is 1. The van der Waals surface area contributed by atoms with Crippen LogP contribution in [0.1, 0.15) is 36.2 Å². The second-order valence-electron chi connectivity index (χ2n) is 5.92. The Morgan fingerprint density at radius 2 is 1.61 bits per heavy atom. The quantitative estimate of drug-likeness (QED) is 0.831. The molecule has 1 N–H and O–H groups in total. The molecule has 0 saturated heterocycles. The van der Waals surface area contributed by atoms with Gasteiger partial charge in [-0.1, -0.05) is 26.0 Å². The summed E-state index contributed by atoms with van der Waals surface area (Å²) in [6.45, 7) is 4.36. The molecule has 0 spiro atoms. The van der Waals surface area contributed by atoms with Gasteiger partial charge >= 0.3 is 5.97 Å². The Morgan fingerprint density at radius 3 is 2.09 bits per heavy atom. The largest absolute Gasteiger partial charge is 0.481 e. The van der Waals surface area contributed by atoms with Crippen molar-refractivity contribution in [1.82, 2.24) is 9.80 Å². The molecule has 0 fully saturated rings. The van der Waals surface area contributed by atoms with Crippen LogP contribution in [0.2, 0.25) is 0 Å². The number of rotatable bonds is 7. The number of carboxylic acids is 1. The molecule has 0 aliphatic rings. The molecule has 0 aliphatic carbocycles. The third-order valence-electron chi connectivity index (χ3n) is 3.50. The Hall–Kier alpha value is -2.37. The van der Waals surface area contributed by atoms with E-state index in [2.05, 4.69) is 0 Å². The van der Waals surface area contributed by atoms with E-state index in [0.29, 0.717) is 12.1 Å². The van der Waals surface area contributed by atoms with Gasteiger partial charge < -0.3 is 14.9 Å². The molecule has 0 heterocycles. The fourth-order valence-electron chi connectivity index (χ4n) is 2.13. The number of carbonyl (C=O) groups excluding carboxylic acids is 2. The monoisotopic (exact) mass is 320 g/mol. The molecule has 6 nitrogen and oxygen atoms in total. The van der Waals surface area contributed by atoms with E-state index in [0.717, 1.165) is 5.56 Å². The van der Waals surface area contributed by atoms with Gasteiger partial charge in [0, 0.05) is 38.7 Å². The number of hydrogen-bond acceptors (Lipinski definition) is 3. The highest BCUT2D eigenvalue weighted by molar-refractivity contribution is 5.94. The van der Waals surface area contributed by atoms with Gasteiger partial charge in [0.2, 0.25) is 5.91 Å². The minimum absolute atomic E-state index is 0.0521. The van der Waals surface area contributed by atoms with Crippen LogP contribution < -0.4 is 0 Å². The molecular formula is C17H24N2O4. The maximum Gasteiger partial charge on any atom is 0.305 e. The molecule has 2 amide bonds. The summed E-state index contributed by atoms with van der Waals surface area (Å²) in [4.78, 5) is 37.6. The lowest BCUT2D eigenvalue weighted by molar-refractivity contribution is -0.137. The van der Waals surface area contributed by atoms with E-state index >= 15 is 0 Å². The fourth-order valence-corrected chi connectivity index (χ4v) is 2.13. The number of benzene rings is 1. The first kappa shape index (κ1) is 18.7. The molecule has 0 aliphatic heterocycles. The SMILES string of the molecule is CC(C)C(=O)N(C)Cc1ccc(C(=O)N(C)CCC(=O)O)cc1. The highest BCUT2D eigenvalue weighted by Gasteiger charge is 2.15. The predicted molar refractivity (Wildman–Crippen MR) is 87.0 cm³/mol. The average Bonchev–Trinajstić information content (AvgIpc) is 2.51. The van der Waals surface area contributed by atoms with Crippen molar-refractivity contribution in [2.75, 3.05) is 20.6 Å². The standard InChI is InChI=1S/C17H24N2O4/c1-12(2)16(22)19(4)11-13-5-7-14(8-6-13)17(23)18(3)10-9-15(20)21/h5-8,12H,9-11H2,1-4H3,(H,20,21). The van der Waals surface area contributed by atoms with Crippen LogP contribution in [0.4, 0.5) is 0 Å². The molecular weight excluding hydrogens is 296 g/mol. The lowest BCUT2D eigenvalue weighted by atomic mass is 10.1. The summed E-state index contributed by atoms with van der Waals surface area (Å²) in [5.41, 5.74) is 1.44. The van der Waals surface area contributed by atoms with Crippen LogP contribution in [0, 0.1) is 5.92 Å². The summed E-state index contributed by atoms with van der Waals surface area (Å²) < 4.78 is 0. The first-order valence-electron chi connectivity index (χ1n) is 7.53. The van der Waals surface area contributed by atoms with Gasteiger partial charge in [-0.25, -0.2) is 0 Å². The second kappa shape index (κ2) is 8.31. The van der Waals surface area contributed by atoms with Crippen LogP contribution in [0.3, 0.4) is 0 Å². The molecule has 0 bridgehead atoms. The van der Waals surface area contributed by atoms with Gasteiger partial charge in [0.05, 0.1) is 6.42 Å². The maximum atomic E-state index is 12.2. The Bertz CT molecular complexity index is 566. The molecule has 1 aromatic rings. The number of carbonyl (C=O) groups is 3. The van der Waals surface area contributed by atoms with Gasteiger partial charge in [-0.2, -0.15) is 0 Å². The van der Waals surface area contributed by atoms with E-state index in [1.165, 1.54) is 4.90 Å². The number of carboxylic acid groups (broad SMARTS) is 1. The molecule has 126 valence electrons. The average molecular weight is 320 g/mol. The van der Waals surface area contributed by atoms with E-state index in [4.69, 9.17) is 5.11 Å². The van der Waals surface area contributed by atoms with E-state index in [9.17, 15) is 14.4 Å². The van der Waals surface area contributed by atoms with Gasteiger partial charge in [0.1, 0.15) is 0 Å². The van der Waals surface area contributed by atoms with Crippen LogP contribution >= 0.6 is 0 Å². The van der Waals surface area contributed by atoms with Crippen molar-refractivity contribution in [1.29, 1.82) is 0 Å². The normalized spacial score (nSPS) is 10.5.